The Kier molecular flexibility index (Phi) is 6.43. The minimum atomic E-state index is 0.659. The van der Waals surface area contributed by atoms with Gasteiger partial charge in [0.1, 0.15) is 12.4 Å². The fourth-order valence-electron chi connectivity index (χ4n) is 2.50. The first-order valence-electron chi connectivity index (χ1n) is 8.61. The van der Waals surface area contributed by atoms with E-state index in [1.54, 1.807) is 0 Å². The maximum atomic E-state index is 5.78. The Balaban J connectivity index is 1.39. The van der Waals surface area contributed by atoms with Crippen LogP contribution in [0.1, 0.15) is 16.7 Å². The maximum Gasteiger partial charge on any atom is 0.119 e. The van der Waals surface area contributed by atoms with Crippen molar-refractivity contribution >= 4 is 12.2 Å². The third-order valence-electron chi connectivity index (χ3n) is 3.87. The molecule has 0 aromatic heterocycles. The minimum Gasteiger partial charge on any atom is -0.492 e. The fourth-order valence-corrected chi connectivity index (χ4v) is 2.50. The van der Waals surface area contributed by atoms with Crippen LogP contribution >= 0.6 is 0 Å². The molecule has 0 aliphatic rings. The van der Waals surface area contributed by atoms with Crippen LogP contribution in [0.2, 0.25) is 0 Å². The number of nitrogens with one attached hydrogen (secondary N) is 1. The minimum absolute atomic E-state index is 0.659. The molecule has 25 heavy (non-hydrogen) atoms. The van der Waals surface area contributed by atoms with Crippen molar-refractivity contribution in [2.45, 2.75) is 6.54 Å². The molecule has 0 saturated carbocycles. The molecular formula is C23H23NO. The summed E-state index contributed by atoms with van der Waals surface area (Å²) in [4.78, 5) is 0. The summed E-state index contributed by atoms with van der Waals surface area (Å²) in [7, 11) is 0. The van der Waals surface area contributed by atoms with Crippen molar-refractivity contribution in [1.82, 2.24) is 5.32 Å². The summed E-state index contributed by atoms with van der Waals surface area (Å²) in [5, 5.41) is 3.39. The van der Waals surface area contributed by atoms with E-state index in [1.807, 2.05) is 36.4 Å². The SMILES string of the molecule is C(=C\c1ccc(OCCNCc2ccccc2)cc1)/c1ccccc1. The fraction of sp³-hybridized carbons (Fsp3) is 0.130. The van der Waals surface area contributed by atoms with Crippen molar-refractivity contribution in [2.24, 2.45) is 0 Å². The average molecular weight is 329 g/mol. The topological polar surface area (TPSA) is 21.3 Å². The highest BCUT2D eigenvalue weighted by molar-refractivity contribution is 5.69. The van der Waals surface area contributed by atoms with Gasteiger partial charge >= 0.3 is 0 Å². The first-order valence-corrected chi connectivity index (χ1v) is 8.61. The van der Waals surface area contributed by atoms with E-state index >= 15 is 0 Å². The summed E-state index contributed by atoms with van der Waals surface area (Å²) in [6.07, 6.45) is 4.23. The zero-order valence-corrected chi connectivity index (χ0v) is 14.3. The second-order valence-corrected chi connectivity index (χ2v) is 5.82. The van der Waals surface area contributed by atoms with Crippen LogP contribution in [-0.2, 0) is 6.54 Å². The monoisotopic (exact) mass is 329 g/mol. The van der Waals surface area contributed by atoms with E-state index in [2.05, 4.69) is 66.0 Å². The van der Waals surface area contributed by atoms with Gasteiger partial charge in [-0.15, -0.1) is 0 Å². The van der Waals surface area contributed by atoms with Gasteiger partial charge in [0.2, 0.25) is 0 Å². The van der Waals surface area contributed by atoms with Gasteiger partial charge in [-0.05, 0) is 28.8 Å². The molecular weight excluding hydrogens is 306 g/mol. The second kappa shape index (κ2) is 9.45. The molecule has 0 amide bonds. The van der Waals surface area contributed by atoms with Crippen molar-refractivity contribution in [3.8, 4) is 5.75 Å². The molecule has 3 aromatic rings. The third kappa shape index (κ3) is 5.94. The zero-order valence-electron chi connectivity index (χ0n) is 14.3. The molecule has 0 spiro atoms. The van der Waals surface area contributed by atoms with Crippen molar-refractivity contribution < 1.29 is 4.74 Å². The summed E-state index contributed by atoms with van der Waals surface area (Å²) in [6.45, 7) is 2.35. The number of hydrogen-bond acceptors (Lipinski definition) is 2. The van der Waals surface area contributed by atoms with Gasteiger partial charge in [-0.3, -0.25) is 0 Å². The summed E-state index contributed by atoms with van der Waals surface area (Å²) in [6, 6.07) is 28.9. The van der Waals surface area contributed by atoms with Gasteiger partial charge in [-0.1, -0.05) is 84.9 Å². The lowest BCUT2D eigenvalue weighted by molar-refractivity contribution is 0.313. The van der Waals surface area contributed by atoms with Crippen LogP contribution in [-0.4, -0.2) is 13.2 Å². The number of hydrogen-bond donors (Lipinski definition) is 1. The molecule has 0 heterocycles. The standard InChI is InChI=1S/C23H23NO/c1-3-7-20(8-4-1)11-12-21-13-15-23(16-14-21)25-18-17-24-19-22-9-5-2-6-10-22/h1-16,24H,17-19H2/b12-11+. The van der Waals surface area contributed by atoms with Crippen molar-refractivity contribution in [3.05, 3.63) is 102 Å². The van der Waals surface area contributed by atoms with Crippen LogP contribution in [0.3, 0.4) is 0 Å². The lowest BCUT2D eigenvalue weighted by atomic mass is 10.1. The predicted octanol–water partition coefficient (Wildman–Crippen LogP) is 5.03. The molecule has 126 valence electrons. The number of benzene rings is 3. The van der Waals surface area contributed by atoms with Gasteiger partial charge in [0.15, 0.2) is 0 Å². The molecule has 0 saturated heterocycles. The molecule has 2 heteroatoms. The summed E-state index contributed by atoms with van der Waals surface area (Å²) in [5.74, 6) is 0.901. The largest absolute Gasteiger partial charge is 0.492 e. The number of ether oxygens (including phenoxy) is 1. The van der Waals surface area contributed by atoms with Gasteiger partial charge in [0.05, 0.1) is 0 Å². The van der Waals surface area contributed by atoms with Crippen LogP contribution in [0.25, 0.3) is 12.2 Å². The second-order valence-electron chi connectivity index (χ2n) is 5.82. The molecule has 0 aliphatic carbocycles. The quantitative estimate of drug-likeness (QED) is 0.462. The summed E-state index contributed by atoms with van der Waals surface area (Å²) in [5.41, 5.74) is 3.66. The molecule has 0 radical (unpaired) electrons. The Morgan fingerprint density at radius 1 is 0.680 bits per heavy atom. The third-order valence-corrected chi connectivity index (χ3v) is 3.87. The molecule has 1 N–H and O–H groups in total. The van der Waals surface area contributed by atoms with Gasteiger partial charge in [0.25, 0.3) is 0 Å². The van der Waals surface area contributed by atoms with Gasteiger partial charge < -0.3 is 10.1 Å². The Labute approximate surface area is 149 Å². The van der Waals surface area contributed by atoms with Crippen molar-refractivity contribution in [2.75, 3.05) is 13.2 Å². The van der Waals surface area contributed by atoms with Crippen LogP contribution in [0.4, 0.5) is 0 Å². The van der Waals surface area contributed by atoms with E-state index in [0.29, 0.717) is 6.61 Å². The van der Waals surface area contributed by atoms with Gasteiger partial charge in [-0.2, -0.15) is 0 Å². The van der Waals surface area contributed by atoms with E-state index < -0.39 is 0 Å². The Morgan fingerprint density at radius 3 is 1.96 bits per heavy atom. The number of rotatable bonds is 8. The highest BCUT2D eigenvalue weighted by atomic mass is 16.5. The first-order chi connectivity index (χ1) is 12.4. The molecule has 0 fully saturated rings. The Morgan fingerprint density at radius 2 is 1.28 bits per heavy atom. The highest BCUT2D eigenvalue weighted by Crippen LogP contribution is 2.14. The van der Waals surface area contributed by atoms with Gasteiger partial charge in [-0.25, -0.2) is 0 Å². The zero-order chi connectivity index (χ0) is 17.2. The van der Waals surface area contributed by atoms with E-state index in [1.165, 1.54) is 16.7 Å². The van der Waals surface area contributed by atoms with Crippen LogP contribution in [0, 0.1) is 0 Å². The molecule has 2 nitrogen and oxygen atoms in total. The molecule has 0 bridgehead atoms. The smallest absolute Gasteiger partial charge is 0.119 e. The lowest BCUT2D eigenvalue weighted by Gasteiger charge is -2.08. The average Bonchev–Trinajstić information content (AvgIpc) is 2.69. The Bertz CT molecular complexity index is 764. The van der Waals surface area contributed by atoms with E-state index in [4.69, 9.17) is 4.74 Å². The van der Waals surface area contributed by atoms with Crippen molar-refractivity contribution in [3.63, 3.8) is 0 Å². The summed E-state index contributed by atoms with van der Waals surface area (Å²) >= 11 is 0. The normalized spacial score (nSPS) is 10.9. The van der Waals surface area contributed by atoms with E-state index in [0.717, 1.165) is 18.8 Å². The molecule has 0 unspecified atom stereocenters. The molecule has 3 rings (SSSR count). The predicted molar refractivity (Wildman–Crippen MR) is 105 cm³/mol. The van der Waals surface area contributed by atoms with Crippen molar-refractivity contribution in [1.29, 1.82) is 0 Å². The highest BCUT2D eigenvalue weighted by Gasteiger charge is 1.95. The Hall–Kier alpha value is -2.84. The van der Waals surface area contributed by atoms with E-state index in [-0.39, 0.29) is 0 Å². The van der Waals surface area contributed by atoms with Crippen LogP contribution in [0.15, 0.2) is 84.9 Å². The lowest BCUT2D eigenvalue weighted by Crippen LogP contribution is -2.20. The molecule has 3 aromatic carbocycles. The van der Waals surface area contributed by atoms with Gasteiger partial charge in [0, 0.05) is 13.1 Å². The first kappa shape index (κ1) is 17.0. The maximum absolute atomic E-state index is 5.78. The van der Waals surface area contributed by atoms with E-state index in [9.17, 15) is 0 Å². The molecule has 0 atom stereocenters. The summed E-state index contributed by atoms with van der Waals surface area (Å²) < 4.78 is 5.78. The van der Waals surface area contributed by atoms with Crippen LogP contribution < -0.4 is 10.1 Å². The molecule has 0 aliphatic heterocycles. The van der Waals surface area contributed by atoms with Crippen LogP contribution in [0.5, 0.6) is 5.75 Å².